The number of rotatable bonds is 9. The van der Waals surface area contributed by atoms with Gasteiger partial charge in [0.15, 0.2) is 5.82 Å². The summed E-state index contributed by atoms with van der Waals surface area (Å²) in [5, 5.41) is 13.5. The average molecular weight is 529 g/mol. The average Bonchev–Trinajstić information content (AvgIpc) is 3.61. The first-order valence-electron chi connectivity index (χ1n) is 11.4. The molecule has 2 unspecified atom stereocenters. The summed E-state index contributed by atoms with van der Waals surface area (Å²) in [5.74, 6) is 2.49. The van der Waals surface area contributed by atoms with Gasteiger partial charge in [0, 0.05) is 24.6 Å². The third-order valence-electron chi connectivity index (χ3n) is 5.96. The number of nitrogens with one attached hydrogen (secondary N) is 1. The van der Waals surface area contributed by atoms with Crippen molar-refractivity contribution in [3.63, 3.8) is 0 Å². The summed E-state index contributed by atoms with van der Waals surface area (Å²) in [6.45, 7) is 2.71. The lowest BCUT2D eigenvalue weighted by atomic mass is 10.1. The molecule has 2 atom stereocenters. The maximum Gasteiger partial charge on any atom is 0.271 e. The zero-order chi connectivity index (χ0) is 25.2. The number of benzene rings is 1. The van der Waals surface area contributed by atoms with Gasteiger partial charge in [0.25, 0.3) is 5.95 Å². The van der Waals surface area contributed by atoms with E-state index in [9.17, 15) is 4.55 Å². The Morgan fingerprint density at radius 3 is 2.56 bits per heavy atom. The van der Waals surface area contributed by atoms with Crippen molar-refractivity contribution in [1.29, 1.82) is 0 Å². The van der Waals surface area contributed by atoms with Crippen LogP contribution in [-0.2, 0) is 30.7 Å². The lowest BCUT2D eigenvalue weighted by Gasteiger charge is -2.20. The van der Waals surface area contributed by atoms with Crippen LogP contribution in [0.15, 0.2) is 36.8 Å². The fourth-order valence-electron chi connectivity index (χ4n) is 4.21. The fraction of sp³-hybridized carbons (Fsp3) is 0.348. The number of ether oxygens (including phenoxy) is 2. The number of aromatic nitrogens is 7. The second kappa shape index (κ2) is 10.3. The van der Waals surface area contributed by atoms with Gasteiger partial charge in [-0.25, -0.2) is 9.97 Å². The Morgan fingerprint density at radius 2 is 1.86 bits per heavy atom. The number of halogens is 1. The standard InChI is InChI=1S/C23H25ClN8O3S/c1-14(10-20-25-11-15(24)12-26-20)36(33)30-23-29-28-22(16-13-27-31-9-5-6-17(16)31)32(23)21-18(34-2)7-4-8-19(21)35-3/h4,7-8,11-14H,5-6,9-10H2,1-3H3,(H,29,30). The van der Waals surface area contributed by atoms with Crippen LogP contribution >= 0.6 is 11.6 Å². The monoisotopic (exact) mass is 528 g/mol. The number of anilines is 1. The molecule has 188 valence electrons. The Bertz CT molecular complexity index is 1340. The molecule has 0 amide bonds. The summed E-state index contributed by atoms with van der Waals surface area (Å²) < 4.78 is 31.4. The van der Waals surface area contributed by atoms with Crippen LogP contribution in [0, 0.1) is 0 Å². The summed E-state index contributed by atoms with van der Waals surface area (Å²) in [5.41, 5.74) is 2.53. The molecule has 4 heterocycles. The van der Waals surface area contributed by atoms with Gasteiger partial charge in [-0.3, -0.25) is 9.25 Å². The molecule has 36 heavy (non-hydrogen) atoms. The molecule has 0 saturated carbocycles. The second-order valence-corrected chi connectivity index (χ2v) is 10.3. The van der Waals surface area contributed by atoms with Crippen LogP contribution in [-0.4, -0.2) is 58.5 Å². The molecule has 1 N–H and O–H groups in total. The molecule has 4 aromatic rings. The third-order valence-corrected chi connectivity index (χ3v) is 7.44. The Kier molecular flexibility index (Phi) is 6.99. The van der Waals surface area contributed by atoms with E-state index in [0.717, 1.165) is 30.6 Å². The number of methoxy groups -OCH3 is 2. The van der Waals surface area contributed by atoms with E-state index < -0.39 is 11.4 Å². The van der Waals surface area contributed by atoms with Crippen LogP contribution in [0.1, 0.15) is 24.9 Å². The van der Waals surface area contributed by atoms with Crippen LogP contribution in [0.2, 0.25) is 5.02 Å². The van der Waals surface area contributed by atoms with Gasteiger partial charge in [-0.2, -0.15) is 9.82 Å². The molecule has 1 aliphatic heterocycles. The molecule has 0 aliphatic carbocycles. The highest BCUT2D eigenvalue weighted by atomic mass is 35.5. The molecule has 0 radical (unpaired) electrons. The quantitative estimate of drug-likeness (QED) is 0.325. The predicted octanol–water partition coefficient (Wildman–Crippen LogP) is 3.24. The minimum Gasteiger partial charge on any atom is -0.593 e. The van der Waals surface area contributed by atoms with Crippen LogP contribution < -0.4 is 14.2 Å². The van der Waals surface area contributed by atoms with Crippen molar-refractivity contribution < 1.29 is 14.0 Å². The molecule has 5 rings (SSSR count). The van der Waals surface area contributed by atoms with Crippen molar-refractivity contribution in [2.75, 3.05) is 18.9 Å². The van der Waals surface area contributed by atoms with Crippen LogP contribution in [0.3, 0.4) is 0 Å². The van der Waals surface area contributed by atoms with Gasteiger partial charge >= 0.3 is 0 Å². The molecule has 0 bridgehead atoms. The van der Waals surface area contributed by atoms with Crippen molar-refractivity contribution in [2.24, 2.45) is 0 Å². The Hall–Kier alpha value is -3.35. The van der Waals surface area contributed by atoms with Crippen molar-refractivity contribution >= 4 is 28.9 Å². The number of nitrogens with zero attached hydrogens (tertiary/aromatic N) is 7. The van der Waals surface area contributed by atoms with Gasteiger partial charge < -0.3 is 14.0 Å². The lowest BCUT2D eigenvalue weighted by molar-refractivity contribution is 0.391. The van der Waals surface area contributed by atoms with Gasteiger partial charge in [-0.1, -0.05) is 17.7 Å². The first-order valence-corrected chi connectivity index (χ1v) is 12.9. The highest BCUT2D eigenvalue weighted by molar-refractivity contribution is 7.93. The zero-order valence-corrected chi connectivity index (χ0v) is 21.6. The first kappa shape index (κ1) is 24.3. The number of hydrogen-bond donors (Lipinski definition) is 1. The number of hydrogen-bond acceptors (Lipinski definition) is 9. The van der Waals surface area contributed by atoms with Crippen molar-refractivity contribution in [3.8, 4) is 28.6 Å². The largest absolute Gasteiger partial charge is 0.593 e. The summed E-state index contributed by atoms with van der Waals surface area (Å²) in [4.78, 5) is 8.42. The Morgan fingerprint density at radius 1 is 1.14 bits per heavy atom. The molecule has 0 spiro atoms. The van der Waals surface area contributed by atoms with Gasteiger partial charge in [0.05, 0.1) is 48.8 Å². The van der Waals surface area contributed by atoms with Crippen molar-refractivity contribution in [2.45, 2.75) is 38.0 Å². The van der Waals surface area contributed by atoms with Crippen LogP contribution in [0.4, 0.5) is 5.95 Å². The Balaban J connectivity index is 1.55. The topological polar surface area (TPSA) is 128 Å². The van der Waals surface area contributed by atoms with Crippen LogP contribution in [0.5, 0.6) is 11.5 Å². The third kappa shape index (κ3) is 4.59. The molecule has 11 nitrogen and oxygen atoms in total. The zero-order valence-electron chi connectivity index (χ0n) is 20.0. The highest BCUT2D eigenvalue weighted by Gasteiger charge is 2.30. The number of aryl methyl sites for hydroxylation is 1. The fourth-order valence-corrected chi connectivity index (χ4v) is 5.12. The summed E-state index contributed by atoms with van der Waals surface area (Å²) in [6, 6.07) is 5.48. The van der Waals surface area contributed by atoms with Gasteiger partial charge in [-0.05, 0) is 31.9 Å². The first-order chi connectivity index (χ1) is 17.5. The number of fused-ring (bicyclic) bond motifs is 1. The molecule has 3 aromatic heterocycles. The summed E-state index contributed by atoms with van der Waals surface area (Å²) in [6.07, 6.45) is 7.12. The number of para-hydroxylation sites is 1. The van der Waals surface area contributed by atoms with Crippen molar-refractivity contribution in [3.05, 3.63) is 53.3 Å². The van der Waals surface area contributed by atoms with Crippen LogP contribution in [0.25, 0.3) is 17.1 Å². The van der Waals surface area contributed by atoms with Gasteiger partial charge in [0.2, 0.25) is 0 Å². The van der Waals surface area contributed by atoms with E-state index in [2.05, 4.69) is 30.0 Å². The highest BCUT2D eigenvalue weighted by Crippen LogP contribution is 2.39. The van der Waals surface area contributed by atoms with Gasteiger partial charge in [0.1, 0.15) is 28.3 Å². The van der Waals surface area contributed by atoms with E-state index in [1.807, 2.05) is 29.8 Å². The van der Waals surface area contributed by atoms with E-state index in [4.69, 9.17) is 21.1 Å². The van der Waals surface area contributed by atoms with E-state index >= 15 is 0 Å². The minimum absolute atomic E-state index is 0.285. The van der Waals surface area contributed by atoms with E-state index in [-0.39, 0.29) is 11.2 Å². The molecule has 13 heteroatoms. The molecule has 1 aliphatic rings. The Labute approximate surface area is 216 Å². The molecular formula is C23H25ClN8O3S. The predicted molar refractivity (Wildman–Crippen MR) is 136 cm³/mol. The minimum atomic E-state index is -1.54. The normalized spacial score (nSPS) is 14.4. The molecular weight excluding hydrogens is 504 g/mol. The lowest BCUT2D eigenvalue weighted by Crippen LogP contribution is -2.29. The molecule has 1 aromatic carbocycles. The molecule has 0 saturated heterocycles. The van der Waals surface area contributed by atoms with E-state index in [1.54, 1.807) is 25.0 Å². The SMILES string of the molecule is COc1cccc(OC)c1-n1c(N[S+]([O-])C(C)Cc2ncc(Cl)cn2)nnc1-c1cnn2c1CCC2. The van der Waals surface area contributed by atoms with Gasteiger partial charge in [-0.15, -0.1) is 10.2 Å². The van der Waals surface area contributed by atoms with E-state index in [0.29, 0.717) is 40.3 Å². The smallest absolute Gasteiger partial charge is 0.271 e. The maximum absolute atomic E-state index is 13.3. The summed E-state index contributed by atoms with van der Waals surface area (Å²) >= 11 is 4.34. The van der Waals surface area contributed by atoms with Crippen molar-refractivity contribution in [1.82, 2.24) is 34.5 Å². The second-order valence-electron chi connectivity index (χ2n) is 8.26. The maximum atomic E-state index is 13.3. The summed E-state index contributed by atoms with van der Waals surface area (Å²) in [7, 11) is 3.17. The van der Waals surface area contributed by atoms with E-state index in [1.165, 1.54) is 12.4 Å². The molecule has 0 fully saturated rings.